The average Bonchev–Trinajstić information content (AvgIpc) is 3.39. The van der Waals surface area contributed by atoms with Crippen molar-refractivity contribution in [3.05, 3.63) is 83.4 Å². The van der Waals surface area contributed by atoms with E-state index in [1.807, 2.05) is 18.2 Å². The van der Waals surface area contributed by atoms with Crippen LogP contribution in [0.15, 0.2) is 66.7 Å². The number of nitrogens with one attached hydrogen (secondary N) is 1. The van der Waals surface area contributed by atoms with Gasteiger partial charge in [0, 0.05) is 29.8 Å². The summed E-state index contributed by atoms with van der Waals surface area (Å²) < 4.78 is 0. The summed E-state index contributed by atoms with van der Waals surface area (Å²) in [6, 6.07) is 19.6. The molecule has 2 atom stereocenters. The highest BCUT2D eigenvalue weighted by Gasteiger charge is 2.43. The Morgan fingerprint density at radius 2 is 1.44 bits per heavy atom. The quantitative estimate of drug-likeness (QED) is 0.476. The van der Waals surface area contributed by atoms with Gasteiger partial charge in [0.05, 0.1) is 0 Å². The highest BCUT2D eigenvalue weighted by molar-refractivity contribution is 6.07. The number of allylic oxidation sites excluding steroid dienone is 1. The van der Waals surface area contributed by atoms with Crippen LogP contribution in [0.25, 0.3) is 0 Å². The number of carbonyl (C=O) groups is 2. The molecule has 1 amide bonds. The largest absolute Gasteiger partial charge is 0.350 e. The molecule has 1 saturated carbocycles. The summed E-state index contributed by atoms with van der Waals surface area (Å²) in [7, 11) is 0. The molecule has 5 rings (SSSR count). The predicted molar refractivity (Wildman–Crippen MR) is 126 cm³/mol. The molecule has 2 aromatic carbocycles. The molecule has 2 aliphatic heterocycles. The van der Waals surface area contributed by atoms with Gasteiger partial charge in [-0.3, -0.25) is 14.5 Å². The first-order chi connectivity index (χ1) is 15.7. The van der Waals surface area contributed by atoms with E-state index in [-0.39, 0.29) is 17.7 Å². The van der Waals surface area contributed by atoms with E-state index in [1.165, 1.54) is 50.8 Å². The molecule has 32 heavy (non-hydrogen) atoms. The van der Waals surface area contributed by atoms with Crippen LogP contribution in [0.5, 0.6) is 0 Å². The normalized spacial score (nSPS) is 26.9. The monoisotopic (exact) mass is 428 g/mol. The van der Waals surface area contributed by atoms with E-state index in [2.05, 4.69) is 34.5 Å². The minimum Gasteiger partial charge on any atom is -0.350 e. The molecule has 1 aliphatic carbocycles. The smallest absolute Gasteiger partial charge is 0.244 e. The van der Waals surface area contributed by atoms with E-state index in [9.17, 15) is 9.59 Å². The van der Waals surface area contributed by atoms with Crippen molar-refractivity contribution < 1.29 is 9.59 Å². The summed E-state index contributed by atoms with van der Waals surface area (Å²) in [6.07, 6.45) is 11.0. The van der Waals surface area contributed by atoms with Gasteiger partial charge in [-0.1, -0.05) is 54.6 Å². The lowest BCUT2D eigenvalue weighted by Crippen LogP contribution is -2.37. The van der Waals surface area contributed by atoms with Crippen molar-refractivity contribution in [1.29, 1.82) is 0 Å². The Hall–Kier alpha value is -2.72. The second-order valence-corrected chi connectivity index (χ2v) is 9.55. The number of amides is 1. The van der Waals surface area contributed by atoms with Crippen molar-refractivity contribution in [1.82, 2.24) is 10.2 Å². The molecular formula is C28H32N2O2. The van der Waals surface area contributed by atoms with Gasteiger partial charge < -0.3 is 5.32 Å². The van der Waals surface area contributed by atoms with Crippen LogP contribution in [0.1, 0.15) is 78.5 Å². The first-order valence-electron chi connectivity index (χ1n) is 12.1. The lowest BCUT2D eigenvalue weighted by Gasteiger charge is -2.31. The molecule has 0 spiro atoms. The Bertz CT molecular complexity index is 961. The third-order valence-corrected chi connectivity index (χ3v) is 7.66. The maximum Gasteiger partial charge on any atom is 0.244 e. The summed E-state index contributed by atoms with van der Waals surface area (Å²) in [6.45, 7) is 1.19. The maximum atomic E-state index is 12.3. The van der Waals surface area contributed by atoms with Crippen LogP contribution in [0, 0.1) is 5.92 Å². The number of nitrogens with zero attached hydrogens (tertiary/aromatic N) is 1. The Morgan fingerprint density at radius 3 is 2.09 bits per heavy atom. The fourth-order valence-electron chi connectivity index (χ4n) is 5.99. The summed E-state index contributed by atoms with van der Waals surface area (Å²) in [5, 5.41) is 3.09. The topological polar surface area (TPSA) is 49.4 Å². The Labute approximate surface area is 190 Å². The van der Waals surface area contributed by atoms with E-state index in [0.29, 0.717) is 17.6 Å². The van der Waals surface area contributed by atoms with E-state index in [4.69, 9.17) is 0 Å². The van der Waals surface area contributed by atoms with Crippen molar-refractivity contribution in [2.45, 2.75) is 63.1 Å². The molecule has 0 aromatic heterocycles. The van der Waals surface area contributed by atoms with E-state index < -0.39 is 0 Å². The van der Waals surface area contributed by atoms with Gasteiger partial charge in [-0.15, -0.1) is 0 Å². The number of hydrogen-bond acceptors (Lipinski definition) is 3. The zero-order valence-corrected chi connectivity index (χ0v) is 18.6. The third kappa shape index (κ3) is 4.42. The minimum absolute atomic E-state index is 0.137. The van der Waals surface area contributed by atoms with Crippen LogP contribution in [-0.2, 0) is 4.79 Å². The van der Waals surface area contributed by atoms with Crippen molar-refractivity contribution in [2.24, 2.45) is 5.92 Å². The third-order valence-electron chi connectivity index (χ3n) is 7.66. The average molecular weight is 429 g/mol. The molecular weight excluding hydrogens is 396 g/mol. The fraction of sp³-hybridized carbons (Fsp3) is 0.429. The van der Waals surface area contributed by atoms with Crippen LogP contribution < -0.4 is 5.32 Å². The molecule has 4 nitrogen and oxygen atoms in total. The van der Waals surface area contributed by atoms with Crippen LogP contribution >= 0.6 is 0 Å². The van der Waals surface area contributed by atoms with Gasteiger partial charge in [0.15, 0.2) is 5.78 Å². The number of ketones is 1. The van der Waals surface area contributed by atoms with Crippen molar-refractivity contribution in [2.75, 3.05) is 6.54 Å². The number of carbonyl (C=O) groups excluding carboxylic acids is 2. The second kappa shape index (κ2) is 9.41. The summed E-state index contributed by atoms with van der Waals surface area (Å²) in [4.78, 5) is 27.1. The predicted octanol–water partition coefficient (Wildman–Crippen LogP) is 5.38. The number of rotatable bonds is 7. The number of hydrogen-bond donors (Lipinski definition) is 1. The number of fused-ring (bicyclic) bond motifs is 5. The second-order valence-electron chi connectivity index (χ2n) is 9.55. The van der Waals surface area contributed by atoms with Crippen LogP contribution in [0.4, 0.5) is 0 Å². The van der Waals surface area contributed by atoms with Gasteiger partial charge >= 0.3 is 0 Å². The number of benzene rings is 2. The zero-order valence-electron chi connectivity index (χ0n) is 18.6. The molecule has 166 valence electrons. The van der Waals surface area contributed by atoms with Crippen LogP contribution in [-0.4, -0.2) is 29.2 Å². The summed E-state index contributed by atoms with van der Waals surface area (Å²) >= 11 is 0. The molecule has 0 unspecified atom stereocenters. The molecule has 3 aliphatic rings. The van der Waals surface area contributed by atoms with Gasteiger partial charge in [0.1, 0.15) is 0 Å². The van der Waals surface area contributed by atoms with E-state index in [1.54, 1.807) is 23.3 Å². The summed E-state index contributed by atoms with van der Waals surface area (Å²) in [5.74, 6) is 0.452. The zero-order chi connectivity index (χ0) is 21.9. The highest BCUT2D eigenvalue weighted by atomic mass is 16.1. The highest BCUT2D eigenvalue weighted by Crippen LogP contribution is 2.53. The Morgan fingerprint density at radius 1 is 0.812 bits per heavy atom. The van der Waals surface area contributed by atoms with Crippen LogP contribution in [0.2, 0.25) is 0 Å². The molecule has 2 fully saturated rings. The van der Waals surface area contributed by atoms with Crippen molar-refractivity contribution >= 4 is 11.7 Å². The van der Waals surface area contributed by atoms with E-state index in [0.717, 1.165) is 18.8 Å². The lowest BCUT2D eigenvalue weighted by molar-refractivity contribution is -0.117. The minimum atomic E-state index is -0.163. The molecule has 2 aromatic rings. The molecule has 1 saturated heterocycles. The van der Waals surface area contributed by atoms with Crippen LogP contribution in [0.3, 0.4) is 0 Å². The van der Waals surface area contributed by atoms with E-state index >= 15 is 0 Å². The fourth-order valence-corrected chi connectivity index (χ4v) is 5.99. The lowest BCUT2D eigenvalue weighted by atomic mass is 9.84. The Kier molecular flexibility index (Phi) is 6.22. The SMILES string of the molecule is O=C(C=CC(=O)c1ccccc1)NC1CCC(CCN2[C@@H]3CC[C@H]2c2ccccc23)CC1. The van der Waals surface area contributed by atoms with Gasteiger partial charge in [-0.25, -0.2) is 0 Å². The van der Waals surface area contributed by atoms with Gasteiger partial charge in [0.2, 0.25) is 5.91 Å². The molecule has 1 N–H and O–H groups in total. The first-order valence-corrected chi connectivity index (χ1v) is 12.1. The van der Waals surface area contributed by atoms with Gasteiger partial charge in [-0.2, -0.15) is 0 Å². The van der Waals surface area contributed by atoms with Crippen molar-refractivity contribution in [3.63, 3.8) is 0 Å². The maximum absolute atomic E-state index is 12.3. The standard InChI is InChI=1S/C28H32N2O2/c31-27(21-6-2-1-3-7-21)16-17-28(32)29-22-12-10-20(11-13-22)18-19-30-25-14-15-26(30)24-9-5-4-8-23(24)25/h1-9,16-17,20,22,25-26H,10-15,18-19H2,(H,29,32)/t20?,22?,25-,26+. The molecule has 4 heteroatoms. The van der Waals surface area contributed by atoms with Gasteiger partial charge in [-0.05, 0) is 74.6 Å². The molecule has 2 heterocycles. The van der Waals surface area contributed by atoms with Gasteiger partial charge in [0.25, 0.3) is 0 Å². The first kappa shape index (κ1) is 21.1. The molecule has 0 radical (unpaired) electrons. The summed E-state index contributed by atoms with van der Waals surface area (Å²) in [5.41, 5.74) is 3.73. The molecule has 2 bridgehead atoms. The van der Waals surface area contributed by atoms with Crippen molar-refractivity contribution in [3.8, 4) is 0 Å². The Balaban J connectivity index is 1.05.